The number of nitrogens with one attached hydrogen (secondary N) is 1. The Bertz CT molecular complexity index is 1620. The van der Waals surface area contributed by atoms with Crippen molar-refractivity contribution in [3.8, 4) is 5.75 Å². The molecule has 206 valence electrons. The van der Waals surface area contributed by atoms with Gasteiger partial charge >= 0.3 is 0 Å². The number of pyridine rings is 1. The first-order valence-corrected chi connectivity index (χ1v) is 13.5. The van der Waals surface area contributed by atoms with Crippen molar-refractivity contribution >= 4 is 27.8 Å². The van der Waals surface area contributed by atoms with E-state index < -0.39 is 0 Å². The van der Waals surface area contributed by atoms with Crippen LogP contribution in [0.25, 0.3) is 21.9 Å². The molecule has 0 saturated carbocycles. The van der Waals surface area contributed by atoms with Crippen LogP contribution in [-0.4, -0.2) is 69.4 Å². The minimum absolute atomic E-state index is 0.240. The number of aromatic nitrogens is 5. The molecule has 0 radical (unpaired) electrons. The summed E-state index contributed by atoms with van der Waals surface area (Å²) in [6.07, 6.45) is 4.03. The van der Waals surface area contributed by atoms with E-state index in [4.69, 9.17) is 14.5 Å². The zero-order valence-electron chi connectivity index (χ0n) is 22.7. The molecule has 1 N–H and O–H groups in total. The van der Waals surface area contributed by atoms with Crippen LogP contribution in [0.5, 0.6) is 5.75 Å². The number of anilines is 1. The molecule has 40 heavy (non-hydrogen) atoms. The van der Waals surface area contributed by atoms with E-state index in [9.17, 15) is 4.39 Å². The van der Waals surface area contributed by atoms with E-state index in [1.165, 1.54) is 12.4 Å². The van der Waals surface area contributed by atoms with Crippen LogP contribution in [-0.2, 0) is 17.7 Å². The van der Waals surface area contributed by atoms with Crippen molar-refractivity contribution in [3.05, 3.63) is 84.0 Å². The molecule has 1 saturated heterocycles. The zero-order valence-corrected chi connectivity index (χ0v) is 22.7. The summed E-state index contributed by atoms with van der Waals surface area (Å²) in [4.78, 5) is 21.0. The summed E-state index contributed by atoms with van der Waals surface area (Å²) in [5.74, 6) is 1.17. The fourth-order valence-corrected chi connectivity index (χ4v) is 5.14. The molecule has 1 aliphatic rings. The maximum atomic E-state index is 14.9. The van der Waals surface area contributed by atoms with E-state index in [1.54, 1.807) is 19.5 Å². The molecule has 1 atom stereocenters. The molecule has 0 spiro atoms. The summed E-state index contributed by atoms with van der Waals surface area (Å²) in [5, 5.41) is 4.89. The number of imidazole rings is 1. The van der Waals surface area contributed by atoms with Gasteiger partial charge in [-0.05, 0) is 36.8 Å². The monoisotopic (exact) mass is 541 g/mol. The lowest BCUT2D eigenvalue weighted by Gasteiger charge is -2.26. The van der Waals surface area contributed by atoms with Gasteiger partial charge in [-0.1, -0.05) is 24.3 Å². The van der Waals surface area contributed by atoms with Crippen molar-refractivity contribution in [2.45, 2.75) is 25.9 Å². The molecule has 5 aromatic rings. The number of benzene rings is 2. The number of methoxy groups -OCH3 is 1. The number of fused-ring (bicyclic) bond motifs is 2. The molecule has 9 nitrogen and oxygen atoms in total. The van der Waals surface area contributed by atoms with E-state index in [1.807, 2.05) is 47.9 Å². The van der Waals surface area contributed by atoms with E-state index in [2.05, 4.69) is 25.2 Å². The Kier molecular flexibility index (Phi) is 7.52. The number of nitrogens with zero attached hydrogens (tertiary/aromatic N) is 6. The summed E-state index contributed by atoms with van der Waals surface area (Å²) in [5.41, 5.74) is 4.14. The first-order chi connectivity index (χ1) is 19.6. The number of hydrogen-bond acceptors (Lipinski definition) is 8. The maximum Gasteiger partial charge on any atom is 0.165 e. The predicted octanol–water partition coefficient (Wildman–Crippen LogP) is 4.62. The van der Waals surface area contributed by atoms with Crippen LogP contribution in [0.1, 0.15) is 29.9 Å². The number of hydrogen-bond donors (Lipinski definition) is 1. The van der Waals surface area contributed by atoms with Crippen LogP contribution in [0.2, 0.25) is 0 Å². The van der Waals surface area contributed by atoms with E-state index in [0.717, 1.165) is 73.0 Å². The first kappa shape index (κ1) is 26.1. The minimum Gasteiger partial charge on any atom is -0.497 e. The van der Waals surface area contributed by atoms with Gasteiger partial charge in [0.2, 0.25) is 0 Å². The highest BCUT2D eigenvalue weighted by atomic mass is 19.1. The summed E-state index contributed by atoms with van der Waals surface area (Å²) >= 11 is 0. The molecule has 10 heteroatoms. The standard InChI is InChI=1S/C30H32FN7O2/c1-20(27-16-24-23(4-3-5-25(24)31)26(36-27)10-11-37-12-14-40-15-13-37)35-29-28-30(33-18-32-29)38(19-34-28)17-21-6-8-22(39-2)9-7-21/h3-9,16,18-20H,10-15,17H2,1-2H3,(H,32,33,35)/t20-/m0/s1. The lowest BCUT2D eigenvalue weighted by molar-refractivity contribution is 0.0384. The van der Waals surface area contributed by atoms with Crippen molar-refractivity contribution in [2.24, 2.45) is 0 Å². The molecule has 0 bridgehead atoms. The molecule has 1 fully saturated rings. The number of morpholine rings is 1. The zero-order chi connectivity index (χ0) is 27.5. The van der Waals surface area contributed by atoms with Gasteiger partial charge in [0, 0.05) is 42.5 Å². The summed E-state index contributed by atoms with van der Waals surface area (Å²) < 4.78 is 27.7. The van der Waals surface area contributed by atoms with Crippen molar-refractivity contribution in [1.29, 1.82) is 0 Å². The molecule has 4 heterocycles. The topological polar surface area (TPSA) is 90.2 Å². The van der Waals surface area contributed by atoms with Gasteiger partial charge in [0.05, 0.1) is 44.9 Å². The fourth-order valence-electron chi connectivity index (χ4n) is 5.14. The second-order valence-corrected chi connectivity index (χ2v) is 10.0. The summed E-state index contributed by atoms with van der Waals surface area (Å²) in [6.45, 7) is 6.76. The minimum atomic E-state index is -0.248. The highest BCUT2D eigenvalue weighted by Gasteiger charge is 2.18. The van der Waals surface area contributed by atoms with E-state index in [-0.39, 0.29) is 11.9 Å². The Morgan fingerprint density at radius 3 is 2.67 bits per heavy atom. The normalized spacial score (nSPS) is 15.0. The van der Waals surface area contributed by atoms with Gasteiger partial charge < -0.3 is 19.4 Å². The number of ether oxygens (including phenoxy) is 2. The Hall–Kier alpha value is -4.15. The molecule has 0 unspecified atom stereocenters. The quantitative estimate of drug-likeness (QED) is 0.289. The van der Waals surface area contributed by atoms with Crippen molar-refractivity contribution in [3.63, 3.8) is 0 Å². The second kappa shape index (κ2) is 11.5. The van der Waals surface area contributed by atoms with Crippen LogP contribution in [0.4, 0.5) is 10.2 Å². The van der Waals surface area contributed by atoms with Crippen LogP contribution >= 0.6 is 0 Å². The van der Waals surface area contributed by atoms with Gasteiger partial charge in [-0.25, -0.2) is 19.3 Å². The molecule has 3 aromatic heterocycles. The van der Waals surface area contributed by atoms with Gasteiger partial charge in [0.1, 0.15) is 23.4 Å². The molecular weight excluding hydrogens is 509 g/mol. The first-order valence-electron chi connectivity index (χ1n) is 13.5. The van der Waals surface area contributed by atoms with Crippen LogP contribution < -0.4 is 10.1 Å². The average Bonchev–Trinajstić information content (AvgIpc) is 3.40. The van der Waals surface area contributed by atoms with E-state index >= 15 is 0 Å². The molecular formula is C30H32FN7O2. The lowest BCUT2D eigenvalue weighted by atomic mass is 10.0. The third-order valence-corrected chi connectivity index (χ3v) is 7.40. The van der Waals surface area contributed by atoms with E-state index in [0.29, 0.717) is 23.3 Å². The Morgan fingerprint density at radius 2 is 1.88 bits per heavy atom. The maximum absolute atomic E-state index is 14.9. The molecule has 1 aliphatic heterocycles. The van der Waals surface area contributed by atoms with Gasteiger partial charge in [-0.15, -0.1) is 0 Å². The average molecular weight is 542 g/mol. The highest BCUT2D eigenvalue weighted by molar-refractivity contribution is 5.86. The third-order valence-electron chi connectivity index (χ3n) is 7.40. The lowest BCUT2D eigenvalue weighted by Crippen LogP contribution is -2.37. The van der Waals surface area contributed by atoms with Crippen LogP contribution in [0.15, 0.2) is 61.2 Å². The van der Waals surface area contributed by atoms with Gasteiger partial charge in [-0.3, -0.25) is 9.88 Å². The van der Waals surface area contributed by atoms with Gasteiger partial charge in [0.15, 0.2) is 11.5 Å². The van der Waals surface area contributed by atoms with Gasteiger partial charge in [-0.2, -0.15) is 0 Å². The number of rotatable bonds is 9. The highest BCUT2D eigenvalue weighted by Crippen LogP contribution is 2.28. The SMILES string of the molecule is COc1ccc(Cn2cnc3c(N[C@@H](C)c4cc5c(F)cccc5c(CCN5CCOCC5)n4)ncnc32)cc1. The summed E-state index contributed by atoms with van der Waals surface area (Å²) in [7, 11) is 1.65. The van der Waals surface area contributed by atoms with Crippen LogP contribution in [0.3, 0.4) is 0 Å². The predicted molar refractivity (Wildman–Crippen MR) is 152 cm³/mol. The van der Waals surface area contributed by atoms with Gasteiger partial charge in [0.25, 0.3) is 0 Å². The van der Waals surface area contributed by atoms with Crippen molar-refractivity contribution in [1.82, 2.24) is 29.4 Å². The Morgan fingerprint density at radius 1 is 1.05 bits per heavy atom. The largest absolute Gasteiger partial charge is 0.497 e. The molecule has 6 rings (SSSR count). The van der Waals surface area contributed by atoms with Crippen LogP contribution in [0, 0.1) is 5.82 Å². The molecule has 2 aromatic carbocycles. The molecule has 0 amide bonds. The van der Waals surface area contributed by atoms with Crippen molar-refractivity contribution < 1.29 is 13.9 Å². The third kappa shape index (κ3) is 5.45. The summed E-state index contributed by atoms with van der Waals surface area (Å²) in [6, 6.07) is 14.7. The second-order valence-electron chi connectivity index (χ2n) is 10.0. The Labute approximate surface area is 232 Å². The fraction of sp³-hybridized carbons (Fsp3) is 0.333. The van der Waals surface area contributed by atoms with Crippen molar-refractivity contribution in [2.75, 3.05) is 45.3 Å². The number of halogens is 1. The Balaban J connectivity index is 1.26. The molecule has 0 aliphatic carbocycles. The smallest absolute Gasteiger partial charge is 0.165 e.